The van der Waals surface area contributed by atoms with Crippen molar-refractivity contribution in [3.05, 3.63) is 23.3 Å². The third-order valence-corrected chi connectivity index (χ3v) is 7.46. The minimum atomic E-state index is 0.161. The Morgan fingerprint density at radius 2 is 1.89 bits per heavy atom. The summed E-state index contributed by atoms with van der Waals surface area (Å²) in [7, 11) is 0. The molecule has 4 rings (SSSR count). The van der Waals surface area contributed by atoms with Gasteiger partial charge in [-0.2, -0.15) is 0 Å². The zero-order valence-corrected chi connectivity index (χ0v) is 17.6. The van der Waals surface area contributed by atoms with Crippen LogP contribution in [0.4, 0.5) is 5.13 Å². The predicted molar refractivity (Wildman–Crippen MR) is 114 cm³/mol. The lowest BCUT2D eigenvalue weighted by Gasteiger charge is -2.34. The molecule has 1 aliphatic heterocycles. The molecule has 2 heterocycles. The SMILES string of the molecule is Cc1cc(C)c2nc(N3CCC(C(=O)N[C@H]4CCCC[C@H]4C)CC3)sc2c1. The normalized spacial score (nSPS) is 24.3. The number of nitrogens with zero attached hydrogens (tertiary/aromatic N) is 2. The Labute approximate surface area is 166 Å². The van der Waals surface area contributed by atoms with Crippen LogP contribution < -0.4 is 10.2 Å². The summed E-state index contributed by atoms with van der Waals surface area (Å²) in [4.78, 5) is 20.0. The number of hydrogen-bond donors (Lipinski definition) is 1. The number of fused-ring (bicyclic) bond motifs is 1. The average Bonchev–Trinajstić information content (AvgIpc) is 3.08. The van der Waals surface area contributed by atoms with E-state index in [2.05, 4.69) is 43.1 Å². The quantitative estimate of drug-likeness (QED) is 0.823. The molecule has 0 unspecified atom stereocenters. The highest BCUT2D eigenvalue weighted by molar-refractivity contribution is 7.22. The summed E-state index contributed by atoms with van der Waals surface area (Å²) in [5.74, 6) is 1.06. The Morgan fingerprint density at radius 3 is 2.63 bits per heavy atom. The fourth-order valence-electron chi connectivity index (χ4n) is 4.66. The first-order valence-electron chi connectivity index (χ1n) is 10.4. The first kappa shape index (κ1) is 18.7. The van der Waals surface area contributed by atoms with E-state index in [0.29, 0.717) is 12.0 Å². The molecular formula is C22H31N3OS. The molecule has 1 aromatic heterocycles. The number of thiazole rings is 1. The summed E-state index contributed by atoms with van der Waals surface area (Å²) in [6, 6.07) is 4.82. The first-order valence-corrected chi connectivity index (χ1v) is 11.3. The van der Waals surface area contributed by atoms with Gasteiger partial charge in [0.1, 0.15) is 0 Å². The molecule has 27 heavy (non-hydrogen) atoms. The van der Waals surface area contributed by atoms with Crippen molar-refractivity contribution in [2.24, 2.45) is 11.8 Å². The molecule has 2 aliphatic rings. The topological polar surface area (TPSA) is 45.2 Å². The fourth-order valence-corrected chi connectivity index (χ4v) is 5.85. The van der Waals surface area contributed by atoms with Gasteiger partial charge < -0.3 is 10.2 Å². The number of hydrogen-bond acceptors (Lipinski definition) is 4. The molecule has 1 saturated heterocycles. The second kappa shape index (κ2) is 7.78. The maximum atomic E-state index is 12.7. The van der Waals surface area contributed by atoms with Crippen LogP contribution in [0.1, 0.15) is 56.6 Å². The minimum Gasteiger partial charge on any atom is -0.353 e. The molecule has 0 spiro atoms. The van der Waals surface area contributed by atoms with Crippen molar-refractivity contribution in [1.29, 1.82) is 0 Å². The number of aromatic nitrogens is 1. The van der Waals surface area contributed by atoms with Crippen LogP contribution in [0.2, 0.25) is 0 Å². The Hall–Kier alpha value is -1.62. The van der Waals surface area contributed by atoms with E-state index in [0.717, 1.165) is 43.0 Å². The number of rotatable bonds is 3. The van der Waals surface area contributed by atoms with E-state index in [4.69, 9.17) is 4.98 Å². The zero-order chi connectivity index (χ0) is 19.0. The Balaban J connectivity index is 1.37. The highest BCUT2D eigenvalue weighted by Crippen LogP contribution is 2.34. The maximum absolute atomic E-state index is 12.7. The van der Waals surface area contributed by atoms with Gasteiger partial charge in [-0.1, -0.05) is 37.2 Å². The molecule has 1 aromatic carbocycles. The summed E-state index contributed by atoms with van der Waals surface area (Å²) in [5.41, 5.74) is 3.68. The van der Waals surface area contributed by atoms with Gasteiger partial charge in [-0.3, -0.25) is 4.79 Å². The molecule has 2 fully saturated rings. The molecule has 146 valence electrons. The van der Waals surface area contributed by atoms with Crippen molar-refractivity contribution in [1.82, 2.24) is 10.3 Å². The molecular weight excluding hydrogens is 354 g/mol. The number of nitrogens with one attached hydrogen (secondary N) is 1. The molecule has 1 aliphatic carbocycles. The van der Waals surface area contributed by atoms with E-state index in [1.54, 1.807) is 11.3 Å². The largest absolute Gasteiger partial charge is 0.353 e. The van der Waals surface area contributed by atoms with Crippen LogP contribution in [-0.2, 0) is 4.79 Å². The molecule has 1 N–H and O–H groups in total. The monoisotopic (exact) mass is 385 g/mol. The van der Waals surface area contributed by atoms with E-state index >= 15 is 0 Å². The zero-order valence-electron chi connectivity index (χ0n) is 16.8. The van der Waals surface area contributed by atoms with Gasteiger partial charge in [0, 0.05) is 25.0 Å². The lowest BCUT2D eigenvalue weighted by atomic mass is 9.85. The maximum Gasteiger partial charge on any atom is 0.223 e. The Kier molecular flexibility index (Phi) is 5.40. The van der Waals surface area contributed by atoms with E-state index in [1.165, 1.54) is 35.1 Å². The standard InChI is InChI=1S/C22H31N3OS/c1-14-12-16(3)20-19(13-14)27-22(24-20)25-10-8-17(9-11-25)21(26)23-18-7-5-4-6-15(18)2/h12-13,15,17-18H,4-11H2,1-3H3,(H,23,26)/t15-,18+/m1/s1. The van der Waals surface area contributed by atoms with Crippen LogP contribution in [0.3, 0.4) is 0 Å². The molecule has 0 radical (unpaired) electrons. The number of carbonyl (C=O) groups is 1. The van der Waals surface area contributed by atoms with Gasteiger partial charge >= 0.3 is 0 Å². The van der Waals surface area contributed by atoms with Crippen molar-refractivity contribution >= 4 is 32.6 Å². The predicted octanol–water partition coefficient (Wildman–Crippen LogP) is 4.82. The molecule has 1 amide bonds. The van der Waals surface area contributed by atoms with Gasteiger partial charge in [-0.25, -0.2) is 4.98 Å². The first-order chi connectivity index (χ1) is 13.0. The van der Waals surface area contributed by atoms with Crippen LogP contribution in [0, 0.1) is 25.7 Å². The minimum absolute atomic E-state index is 0.161. The van der Waals surface area contributed by atoms with Crippen LogP contribution in [0.15, 0.2) is 12.1 Å². The van der Waals surface area contributed by atoms with E-state index in [-0.39, 0.29) is 11.8 Å². The average molecular weight is 386 g/mol. The van der Waals surface area contributed by atoms with Crippen LogP contribution in [-0.4, -0.2) is 30.0 Å². The summed E-state index contributed by atoms with van der Waals surface area (Å²) in [6.07, 6.45) is 6.83. The Morgan fingerprint density at radius 1 is 1.15 bits per heavy atom. The van der Waals surface area contributed by atoms with E-state index in [9.17, 15) is 4.79 Å². The molecule has 1 saturated carbocycles. The van der Waals surface area contributed by atoms with E-state index < -0.39 is 0 Å². The van der Waals surface area contributed by atoms with Gasteiger partial charge in [0.2, 0.25) is 5.91 Å². The number of carbonyl (C=O) groups excluding carboxylic acids is 1. The van der Waals surface area contributed by atoms with Gasteiger partial charge in [-0.15, -0.1) is 0 Å². The number of aryl methyl sites for hydroxylation is 2. The lowest BCUT2D eigenvalue weighted by Crippen LogP contribution is -2.46. The van der Waals surface area contributed by atoms with Crippen LogP contribution >= 0.6 is 11.3 Å². The van der Waals surface area contributed by atoms with Crippen molar-refractivity contribution in [2.75, 3.05) is 18.0 Å². The van der Waals surface area contributed by atoms with Crippen LogP contribution in [0.5, 0.6) is 0 Å². The molecule has 2 atom stereocenters. The number of amides is 1. The number of piperidine rings is 1. The second-order valence-corrected chi connectivity index (χ2v) is 9.57. The Bertz CT molecular complexity index is 822. The number of benzene rings is 1. The third kappa shape index (κ3) is 3.98. The van der Waals surface area contributed by atoms with Crippen molar-refractivity contribution in [2.45, 2.75) is 65.3 Å². The third-order valence-electron chi connectivity index (χ3n) is 6.39. The lowest BCUT2D eigenvalue weighted by molar-refractivity contribution is -0.126. The molecule has 2 aromatic rings. The van der Waals surface area contributed by atoms with Gasteiger partial charge in [0.15, 0.2) is 5.13 Å². The van der Waals surface area contributed by atoms with Crippen molar-refractivity contribution in [3.63, 3.8) is 0 Å². The molecule has 4 nitrogen and oxygen atoms in total. The van der Waals surface area contributed by atoms with Gasteiger partial charge in [0.25, 0.3) is 0 Å². The van der Waals surface area contributed by atoms with Gasteiger partial charge in [0.05, 0.1) is 10.2 Å². The number of anilines is 1. The summed E-state index contributed by atoms with van der Waals surface area (Å²) in [5, 5.41) is 4.47. The van der Waals surface area contributed by atoms with Crippen molar-refractivity contribution in [3.8, 4) is 0 Å². The molecule has 5 heteroatoms. The smallest absolute Gasteiger partial charge is 0.223 e. The summed E-state index contributed by atoms with van der Waals surface area (Å²) < 4.78 is 1.27. The summed E-state index contributed by atoms with van der Waals surface area (Å²) >= 11 is 1.78. The highest BCUT2D eigenvalue weighted by atomic mass is 32.1. The fraction of sp³-hybridized carbons (Fsp3) is 0.636. The van der Waals surface area contributed by atoms with Gasteiger partial charge in [-0.05, 0) is 62.6 Å². The van der Waals surface area contributed by atoms with Crippen LogP contribution in [0.25, 0.3) is 10.2 Å². The molecule has 0 bridgehead atoms. The summed E-state index contributed by atoms with van der Waals surface area (Å²) in [6.45, 7) is 8.42. The highest BCUT2D eigenvalue weighted by Gasteiger charge is 2.30. The van der Waals surface area contributed by atoms with Crippen molar-refractivity contribution < 1.29 is 4.79 Å². The second-order valence-electron chi connectivity index (χ2n) is 8.56. The van der Waals surface area contributed by atoms with E-state index in [1.807, 2.05) is 0 Å².